The van der Waals surface area contributed by atoms with E-state index < -0.39 is 27.7 Å². The van der Waals surface area contributed by atoms with E-state index in [2.05, 4.69) is 102 Å². The van der Waals surface area contributed by atoms with Crippen LogP contribution in [0.3, 0.4) is 0 Å². The summed E-state index contributed by atoms with van der Waals surface area (Å²) in [7, 11) is -3.25. The molecule has 132 heavy (non-hydrogen) atoms. The first-order valence-corrected chi connectivity index (χ1v) is 44.8. The predicted octanol–water partition coefficient (Wildman–Crippen LogP) is 17.3. The van der Waals surface area contributed by atoms with E-state index in [0.717, 1.165) is 106 Å². The molecule has 5 aliphatic heterocycles. The fourth-order valence-corrected chi connectivity index (χ4v) is 15.1. The molecule has 0 bridgehead atoms. The highest BCUT2D eigenvalue weighted by Gasteiger charge is 2.39. The van der Waals surface area contributed by atoms with E-state index in [9.17, 15) is 52.8 Å². The van der Waals surface area contributed by atoms with Gasteiger partial charge in [-0.05, 0) is 195 Å². The summed E-state index contributed by atoms with van der Waals surface area (Å²) in [4.78, 5) is 38.1. The minimum absolute atomic E-state index is 0.0119. The van der Waals surface area contributed by atoms with Gasteiger partial charge in [0, 0.05) is 146 Å². The first-order valence-electron chi connectivity index (χ1n) is 42.9. The molecule has 30 nitrogen and oxygen atoms in total. The van der Waals surface area contributed by atoms with Gasteiger partial charge in [0.25, 0.3) is 0 Å². The fraction of sp³-hybridized carbons (Fsp3) is 0.306. The summed E-state index contributed by atoms with van der Waals surface area (Å²) < 4.78 is 113. The lowest BCUT2D eigenvalue weighted by Crippen LogP contribution is -2.36. The van der Waals surface area contributed by atoms with Crippen molar-refractivity contribution in [1.29, 1.82) is 21.0 Å². The first kappa shape index (κ1) is 93.8. The number of alkyl halides is 3. The monoisotopic (exact) mass is 1810 g/mol. The highest BCUT2D eigenvalue weighted by Crippen LogP contribution is 2.38. The zero-order valence-electron chi connectivity index (χ0n) is 72.6. The molecule has 5 fully saturated rings. The summed E-state index contributed by atoms with van der Waals surface area (Å²) in [6.07, 6.45) is 6.89. The third-order valence-electron chi connectivity index (χ3n) is 21.6. The number of hydrogen-bond acceptors (Lipinski definition) is 30. The van der Waals surface area contributed by atoms with Gasteiger partial charge >= 0.3 is 6.18 Å². The lowest BCUT2D eigenvalue weighted by Gasteiger charge is -2.28. The van der Waals surface area contributed by atoms with E-state index in [1.54, 1.807) is 117 Å². The number of ether oxygens (including phenoxy) is 9. The number of sulfone groups is 1. The molecule has 12 aromatic rings. The van der Waals surface area contributed by atoms with Crippen molar-refractivity contribution in [3.05, 3.63) is 252 Å². The number of rotatable bonds is 24. The van der Waals surface area contributed by atoms with Gasteiger partial charge in [0.05, 0.1) is 98.8 Å². The molecule has 8 aromatic carbocycles. The molecule has 1 unspecified atom stereocenters. The molecule has 9 heterocycles. The number of aromatic nitrogens is 8. The Morgan fingerprint density at radius 2 is 0.720 bits per heavy atom. The zero-order chi connectivity index (χ0) is 92.4. The van der Waals surface area contributed by atoms with Crippen molar-refractivity contribution in [3.63, 3.8) is 0 Å². The molecule has 0 radical (unpaired) electrons. The quantitative estimate of drug-likeness (QED) is 0.0327. The summed E-state index contributed by atoms with van der Waals surface area (Å²) in [6.45, 7) is 12.1. The minimum Gasteiger partial charge on any atom is -0.489 e. The van der Waals surface area contributed by atoms with Gasteiger partial charge in [0.2, 0.25) is 0 Å². The number of anilines is 9. The van der Waals surface area contributed by atoms with Crippen molar-refractivity contribution in [3.8, 4) is 92.8 Å². The van der Waals surface area contributed by atoms with E-state index >= 15 is 0 Å². The molecule has 4 aromatic heterocycles. The third-order valence-corrected chi connectivity index (χ3v) is 22.7. The molecule has 0 aliphatic carbocycles. The Hall–Kier alpha value is -14.3. The number of nitrogens with zero attached hydrogens (tertiary/aromatic N) is 13. The van der Waals surface area contributed by atoms with Gasteiger partial charge in [0.1, 0.15) is 95.0 Å². The van der Waals surface area contributed by atoms with Crippen molar-refractivity contribution in [2.75, 3.05) is 112 Å². The van der Waals surface area contributed by atoms with Gasteiger partial charge in [-0.15, -0.1) is 0 Å². The second-order valence-corrected chi connectivity index (χ2v) is 33.7. The van der Waals surface area contributed by atoms with E-state index in [4.69, 9.17) is 42.6 Å². The molecule has 5 saturated heterocycles. The van der Waals surface area contributed by atoms with E-state index in [1.807, 2.05) is 66.7 Å². The second-order valence-electron chi connectivity index (χ2n) is 31.7. The minimum atomic E-state index is -4.76. The predicted molar refractivity (Wildman–Crippen MR) is 488 cm³/mol. The Labute approximate surface area is 761 Å². The van der Waals surface area contributed by atoms with Gasteiger partial charge < -0.3 is 79.0 Å². The fourth-order valence-electron chi connectivity index (χ4n) is 14.5. The molecular formula is C98H96F3N17O13S. The summed E-state index contributed by atoms with van der Waals surface area (Å²) >= 11 is 0. The van der Waals surface area contributed by atoms with Crippen molar-refractivity contribution >= 4 is 61.5 Å². The van der Waals surface area contributed by atoms with Crippen molar-refractivity contribution < 1.29 is 74.4 Å². The third kappa shape index (κ3) is 26.5. The number of benzene rings is 8. The highest BCUT2D eigenvalue weighted by atomic mass is 32.2. The number of nitriles is 4. The van der Waals surface area contributed by atoms with Crippen molar-refractivity contribution in [2.24, 2.45) is 0 Å². The summed E-state index contributed by atoms with van der Waals surface area (Å²) in [6, 6.07) is 64.6. The normalized spacial score (nSPS) is 15.3. The molecule has 34 heteroatoms. The Bertz CT molecular complexity index is 6220. The van der Waals surface area contributed by atoms with Crippen LogP contribution in [0.2, 0.25) is 0 Å². The van der Waals surface area contributed by atoms with Crippen LogP contribution in [0.5, 0.6) is 23.0 Å². The largest absolute Gasteiger partial charge is 0.489 e. The van der Waals surface area contributed by atoms with Crippen LogP contribution < -0.4 is 45.1 Å². The van der Waals surface area contributed by atoms with Crippen LogP contribution in [0, 0.1) is 45.3 Å². The average Bonchev–Trinajstić information content (AvgIpc) is 1.17. The van der Waals surface area contributed by atoms with Gasteiger partial charge in [0.15, 0.2) is 39.2 Å². The molecule has 1 atom stereocenters. The maximum absolute atomic E-state index is 12.8. The van der Waals surface area contributed by atoms with E-state index in [1.165, 1.54) is 48.5 Å². The lowest BCUT2D eigenvalue weighted by atomic mass is 9.98. The van der Waals surface area contributed by atoms with Crippen LogP contribution in [0.15, 0.2) is 224 Å². The number of halogens is 3. The standard InChI is InChI=1S/C26H27N5O3.C25H26N4O3.C24H21F3N4O3.C23H22N4O4S/c27-18-20-17-19(1-6-24(20)34-23-8-13-32-14-9-23)26-28-10-7-25(30-26)29-21-2-4-22(5-3-21)31-11-15-33-16-12-31;1-25(2,30)19-4-3-5-20(15-19)28-23-8-11-27-24(29-23)17-6-7-22(18(14-17)16-26)32-21-9-12-31-13-10-21;25-24(26,27)22(32)15-2-1-3-18(13-15)30-21-6-9-29-23(31-21)16-4-5-20(17(12-16)14-28)34-19-7-10-33-11-8-19;1-32(28,29)20-5-3-18(4-6-20)26-22-8-11-25-23(27-22)16-2-7-21(17(14-16)15-24)31-19-9-12-30-13-10-19/h1-7,10,17,23H,8-9,11-16H2,(H,28,29,30);3-8,11,14-15,21,30H,9-10,12-13H2,1-2H3,(H,27,28,29);1-6,9,12-13,19,22,32H,7-8,10-11H2,(H,29,30,31);2-8,11,14,19H,9-10,12-13H2,1H3,(H,25,26,27). The number of nitrogens with one attached hydrogen (secondary N) is 4. The summed E-state index contributed by atoms with van der Waals surface area (Å²) in [5.74, 6) is 6.20. The number of hydrogen-bond donors (Lipinski definition) is 6. The van der Waals surface area contributed by atoms with Crippen LogP contribution in [0.25, 0.3) is 45.6 Å². The molecule has 0 amide bonds. The smallest absolute Gasteiger partial charge is 0.418 e. The Morgan fingerprint density at radius 1 is 0.409 bits per heavy atom. The Morgan fingerprint density at radius 3 is 1.04 bits per heavy atom. The highest BCUT2D eigenvalue weighted by molar-refractivity contribution is 7.90. The summed E-state index contributed by atoms with van der Waals surface area (Å²) in [5.41, 5.74) is 8.01. The average molecular weight is 1810 g/mol. The first-order chi connectivity index (χ1) is 63.9. The number of morpholine rings is 1. The maximum atomic E-state index is 12.8. The molecule has 6 N–H and O–H groups in total. The van der Waals surface area contributed by atoms with Crippen molar-refractivity contribution in [1.82, 2.24) is 39.9 Å². The van der Waals surface area contributed by atoms with Crippen LogP contribution in [0.4, 0.5) is 64.9 Å². The van der Waals surface area contributed by atoms with Gasteiger partial charge in [-0.25, -0.2) is 48.3 Å². The van der Waals surface area contributed by atoms with E-state index in [-0.39, 0.29) is 34.9 Å². The van der Waals surface area contributed by atoms with Gasteiger partial charge in [-0.1, -0.05) is 24.3 Å². The molecular weight excluding hydrogens is 1710 g/mol. The molecule has 0 saturated carbocycles. The molecule has 5 aliphatic rings. The second kappa shape index (κ2) is 44.8. The Kier molecular flexibility index (Phi) is 31.9. The molecule has 17 rings (SSSR count). The Balaban J connectivity index is 0.000000142. The molecule has 678 valence electrons. The van der Waals surface area contributed by atoms with Crippen LogP contribution in [-0.4, -0.2) is 175 Å². The summed E-state index contributed by atoms with van der Waals surface area (Å²) in [5, 5.41) is 70.9. The van der Waals surface area contributed by atoms with E-state index in [0.29, 0.717) is 167 Å². The SMILES string of the molecule is CC(C)(O)c1cccc(Nc2ccnc(-c3ccc(OC4CCOCC4)c(C#N)c3)n2)c1.CS(=O)(=O)c1ccc(Nc2ccnc(-c3ccc(OC4CCOCC4)c(C#N)c3)n2)cc1.N#Cc1cc(-c2nccc(Nc3ccc(N4CCOCC4)cc3)n2)ccc1OC1CCOCC1.N#Cc1cc(-c2nccc(Nc3cccc(C(O)C(F)(F)F)c3)n2)ccc1OC1CCOCC1. The number of aliphatic hydroxyl groups is 2. The van der Waals surface area contributed by atoms with Gasteiger partial charge in [-0.3, -0.25) is 0 Å². The van der Waals surface area contributed by atoms with Crippen LogP contribution >= 0.6 is 0 Å². The number of aliphatic hydroxyl groups excluding tert-OH is 1. The van der Waals surface area contributed by atoms with Crippen LogP contribution in [0.1, 0.15) is 105 Å². The lowest BCUT2D eigenvalue weighted by molar-refractivity contribution is -0.206. The maximum Gasteiger partial charge on any atom is 0.418 e. The zero-order valence-corrected chi connectivity index (χ0v) is 73.4. The van der Waals surface area contributed by atoms with Crippen molar-refractivity contribution in [2.45, 2.75) is 112 Å². The molecule has 0 spiro atoms. The van der Waals surface area contributed by atoms with Gasteiger partial charge in [-0.2, -0.15) is 34.2 Å². The van der Waals surface area contributed by atoms with Crippen LogP contribution in [-0.2, 0) is 39.1 Å². The topological polar surface area (TPSA) is 407 Å².